The molecule has 2 aliphatic rings. The van der Waals surface area contributed by atoms with Crippen molar-refractivity contribution in [2.24, 2.45) is 10.2 Å². The molecule has 32 heavy (non-hydrogen) atoms. The van der Waals surface area contributed by atoms with Crippen LogP contribution < -0.4 is 14.9 Å². The zero-order valence-electron chi connectivity index (χ0n) is 17.2. The highest BCUT2D eigenvalue weighted by Crippen LogP contribution is 2.36. The number of fused-ring (bicyclic) bond motifs is 1. The van der Waals surface area contributed by atoms with Gasteiger partial charge in [0.2, 0.25) is 10.0 Å². The Labute approximate surface area is 195 Å². The average molecular weight is 512 g/mol. The Morgan fingerprint density at radius 1 is 1.03 bits per heavy atom. The van der Waals surface area contributed by atoms with E-state index in [1.165, 1.54) is 17.7 Å². The first-order valence-electron chi connectivity index (χ1n) is 10.4. The number of nitrogens with zero attached hydrogens (tertiary/aromatic N) is 2. The van der Waals surface area contributed by atoms with Crippen molar-refractivity contribution in [2.45, 2.75) is 36.3 Å². The third-order valence-electron chi connectivity index (χ3n) is 5.91. The minimum absolute atomic E-state index is 0.0160. The van der Waals surface area contributed by atoms with Crippen LogP contribution in [0.1, 0.15) is 24.0 Å². The fourth-order valence-corrected chi connectivity index (χ4v) is 5.23. The van der Waals surface area contributed by atoms with Crippen molar-refractivity contribution in [2.75, 3.05) is 5.01 Å². The number of hydrazone groups is 1. The molecule has 0 bridgehead atoms. The highest BCUT2D eigenvalue weighted by atomic mass is 79.9. The molecule has 6 nitrogen and oxygen atoms in total. The number of sulfonamides is 1. The number of benzene rings is 3. The summed E-state index contributed by atoms with van der Waals surface area (Å²) in [5, 5.41) is 12.2. The van der Waals surface area contributed by atoms with E-state index in [1.54, 1.807) is 12.1 Å². The number of ether oxygens (including phenoxy) is 1. The van der Waals surface area contributed by atoms with Crippen LogP contribution in [0.5, 0.6) is 5.75 Å². The molecule has 0 fully saturated rings. The Balaban J connectivity index is 1.50. The zero-order chi connectivity index (χ0) is 22.3. The quantitative estimate of drug-likeness (QED) is 0.559. The maximum atomic E-state index is 11.7. The molecule has 3 aromatic rings. The van der Waals surface area contributed by atoms with Crippen LogP contribution >= 0.6 is 15.9 Å². The molecule has 8 heteroatoms. The summed E-state index contributed by atoms with van der Waals surface area (Å²) in [6.45, 7) is 0. The van der Waals surface area contributed by atoms with Crippen LogP contribution in [0, 0.1) is 0 Å². The molecule has 0 saturated carbocycles. The summed E-state index contributed by atoms with van der Waals surface area (Å²) in [4.78, 5) is 0.0797. The predicted molar refractivity (Wildman–Crippen MR) is 129 cm³/mol. The topological polar surface area (TPSA) is 85.0 Å². The SMILES string of the molecule is NS(=O)(=O)c1ccc(N2N=C(c3cccc(Br)c3)CC2C2CCc3ccccc3O2)cc1. The monoisotopic (exact) mass is 511 g/mol. The molecule has 0 amide bonds. The maximum absolute atomic E-state index is 11.7. The summed E-state index contributed by atoms with van der Waals surface area (Å²) < 4.78 is 30.8. The van der Waals surface area contributed by atoms with Crippen molar-refractivity contribution in [1.82, 2.24) is 0 Å². The summed E-state index contributed by atoms with van der Waals surface area (Å²) in [6, 6.07) is 22.7. The lowest BCUT2D eigenvalue weighted by molar-refractivity contribution is 0.146. The third kappa shape index (κ3) is 4.18. The maximum Gasteiger partial charge on any atom is 0.238 e. The summed E-state index contributed by atoms with van der Waals surface area (Å²) in [6.07, 6.45) is 2.51. The molecule has 2 aliphatic heterocycles. The van der Waals surface area contributed by atoms with Gasteiger partial charge in [-0.3, -0.25) is 5.01 Å². The van der Waals surface area contributed by atoms with Gasteiger partial charge in [-0.25, -0.2) is 13.6 Å². The van der Waals surface area contributed by atoms with Gasteiger partial charge in [0.05, 0.1) is 22.3 Å². The highest BCUT2D eigenvalue weighted by molar-refractivity contribution is 9.10. The molecule has 3 aromatic carbocycles. The van der Waals surface area contributed by atoms with Crippen LogP contribution in [0.3, 0.4) is 0 Å². The lowest BCUT2D eigenvalue weighted by atomic mass is 9.93. The molecular weight excluding hydrogens is 490 g/mol. The first-order valence-corrected chi connectivity index (χ1v) is 12.7. The van der Waals surface area contributed by atoms with Crippen LogP contribution in [0.15, 0.2) is 87.3 Å². The molecule has 0 radical (unpaired) electrons. The second kappa shape index (κ2) is 8.35. The molecule has 5 rings (SSSR count). The van der Waals surface area contributed by atoms with E-state index in [2.05, 4.69) is 28.1 Å². The number of primary sulfonamides is 1. The van der Waals surface area contributed by atoms with Gasteiger partial charge in [-0.2, -0.15) is 5.10 Å². The number of hydrogen-bond donors (Lipinski definition) is 1. The first kappa shape index (κ1) is 21.2. The molecule has 0 aliphatic carbocycles. The van der Waals surface area contributed by atoms with Gasteiger partial charge in [0.25, 0.3) is 0 Å². The standard InChI is InChI=1S/C24H22BrN3O3S/c25-18-6-3-5-17(14-18)21-15-22(24-13-8-16-4-1-2-7-23(16)31-24)28(27-21)19-9-11-20(12-10-19)32(26,29)30/h1-7,9-12,14,22,24H,8,13,15H2,(H2,26,29,30). The van der Waals surface area contributed by atoms with Gasteiger partial charge in [-0.1, -0.05) is 46.3 Å². The van der Waals surface area contributed by atoms with E-state index in [4.69, 9.17) is 15.0 Å². The number of rotatable bonds is 4. The van der Waals surface area contributed by atoms with Crippen molar-refractivity contribution >= 4 is 37.4 Å². The fraction of sp³-hybridized carbons (Fsp3) is 0.208. The van der Waals surface area contributed by atoms with Gasteiger partial charge in [0, 0.05) is 10.9 Å². The van der Waals surface area contributed by atoms with Gasteiger partial charge in [0.15, 0.2) is 0 Å². The lowest BCUT2D eigenvalue weighted by Crippen LogP contribution is -2.43. The number of hydrogen-bond acceptors (Lipinski definition) is 5. The summed E-state index contributed by atoms with van der Waals surface area (Å²) >= 11 is 3.54. The number of nitrogens with two attached hydrogens (primary N) is 1. The number of anilines is 1. The third-order valence-corrected chi connectivity index (χ3v) is 7.33. The molecule has 0 saturated heterocycles. The Morgan fingerprint density at radius 3 is 2.56 bits per heavy atom. The summed E-state index contributed by atoms with van der Waals surface area (Å²) in [5.74, 6) is 0.921. The van der Waals surface area contributed by atoms with Crippen molar-refractivity contribution in [3.63, 3.8) is 0 Å². The number of halogens is 1. The molecule has 0 spiro atoms. The minimum Gasteiger partial charge on any atom is -0.488 e. The highest BCUT2D eigenvalue weighted by Gasteiger charge is 2.38. The largest absolute Gasteiger partial charge is 0.488 e. The Bertz CT molecular complexity index is 1290. The number of para-hydroxylation sites is 1. The van der Waals surface area contributed by atoms with Crippen LogP contribution in [-0.4, -0.2) is 26.3 Å². The molecule has 2 unspecified atom stereocenters. The number of aryl methyl sites for hydroxylation is 1. The lowest BCUT2D eigenvalue weighted by Gasteiger charge is -2.34. The molecule has 2 N–H and O–H groups in total. The first-order chi connectivity index (χ1) is 15.4. The van der Waals surface area contributed by atoms with E-state index < -0.39 is 10.0 Å². The predicted octanol–water partition coefficient (Wildman–Crippen LogP) is 4.47. The van der Waals surface area contributed by atoms with Crippen molar-refractivity contribution in [3.8, 4) is 5.75 Å². The molecular formula is C24H22BrN3O3S. The average Bonchev–Trinajstić information content (AvgIpc) is 3.24. The Kier molecular flexibility index (Phi) is 5.53. The molecule has 2 atom stereocenters. The van der Waals surface area contributed by atoms with Gasteiger partial charge >= 0.3 is 0 Å². The van der Waals surface area contributed by atoms with Gasteiger partial charge < -0.3 is 4.74 Å². The molecule has 164 valence electrons. The second-order valence-electron chi connectivity index (χ2n) is 8.01. The van der Waals surface area contributed by atoms with Crippen LogP contribution in [0.4, 0.5) is 5.69 Å². The van der Waals surface area contributed by atoms with E-state index >= 15 is 0 Å². The summed E-state index contributed by atoms with van der Waals surface area (Å²) in [5.41, 5.74) is 4.03. The Hall–Kier alpha value is -2.68. The Morgan fingerprint density at radius 2 is 1.81 bits per heavy atom. The van der Waals surface area contributed by atoms with E-state index in [-0.39, 0.29) is 17.0 Å². The molecule has 2 heterocycles. The molecule has 0 aromatic heterocycles. The van der Waals surface area contributed by atoms with Gasteiger partial charge in [-0.05, 0) is 66.4 Å². The van der Waals surface area contributed by atoms with Gasteiger partial charge in [-0.15, -0.1) is 0 Å². The van der Waals surface area contributed by atoms with Crippen LogP contribution in [0.2, 0.25) is 0 Å². The second-order valence-corrected chi connectivity index (χ2v) is 10.5. The normalized spacial score (nSPS) is 20.4. The van der Waals surface area contributed by atoms with Crippen molar-refractivity contribution in [3.05, 3.63) is 88.4 Å². The van der Waals surface area contributed by atoms with Crippen LogP contribution in [0.25, 0.3) is 0 Å². The van der Waals surface area contributed by atoms with Crippen molar-refractivity contribution in [1.29, 1.82) is 0 Å². The van der Waals surface area contributed by atoms with Crippen LogP contribution in [-0.2, 0) is 16.4 Å². The van der Waals surface area contributed by atoms with E-state index in [9.17, 15) is 8.42 Å². The summed E-state index contributed by atoms with van der Waals surface area (Å²) in [7, 11) is -3.75. The van der Waals surface area contributed by atoms with E-state index in [0.717, 1.165) is 46.4 Å². The van der Waals surface area contributed by atoms with Crippen molar-refractivity contribution < 1.29 is 13.2 Å². The van der Waals surface area contributed by atoms with Gasteiger partial charge in [0.1, 0.15) is 11.9 Å². The van der Waals surface area contributed by atoms with E-state index in [1.807, 2.05) is 41.4 Å². The smallest absolute Gasteiger partial charge is 0.238 e. The zero-order valence-corrected chi connectivity index (χ0v) is 19.6. The fourth-order valence-electron chi connectivity index (χ4n) is 4.32. The van der Waals surface area contributed by atoms with E-state index in [0.29, 0.717) is 0 Å². The minimum atomic E-state index is -3.75.